The van der Waals surface area contributed by atoms with Crippen molar-refractivity contribution in [2.45, 2.75) is 38.7 Å². The average molecular weight is 368 g/mol. The van der Waals surface area contributed by atoms with E-state index in [1.54, 1.807) is 11.3 Å². The van der Waals surface area contributed by atoms with E-state index in [-0.39, 0.29) is 5.92 Å². The highest BCUT2D eigenvalue weighted by atomic mass is 79.9. The molecule has 2 atom stereocenters. The number of hydrogen-bond acceptors (Lipinski definition) is 3. The van der Waals surface area contributed by atoms with Crippen LogP contribution in [-0.2, 0) is 0 Å². The zero-order valence-corrected chi connectivity index (χ0v) is 15.0. The van der Waals surface area contributed by atoms with Crippen molar-refractivity contribution in [3.63, 3.8) is 0 Å². The third kappa shape index (κ3) is 3.75. The third-order valence-electron chi connectivity index (χ3n) is 3.83. The van der Waals surface area contributed by atoms with E-state index in [9.17, 15) is 5.11 Å². The van der Waals surface area contributed by atoms with Gasteiger partial charge in [-0.2, -0.15) is 0 Å². The molecule has 0 amide bonds. The highest BCUT2D eigenvalue weighted by molar-refractivity contribution is 9.11. The molecule has 0 aliphatic rings. The van der Waals surface area contributed by atoms with Crippen LogP contribution in [0.1, 0.15) is 53.4 Å². The van der Waals surface area contributed by atoms with E-state index in [2.05, 4.69) is 54.0 Å². The normalized spacial score (nSPS) is 14.4. The third-order valence-corrected chi connectivity index (χ3v) is 6.04. The molecule has 1 heterocycles. The van der Waals surface area contributed by atoms with Crippen molar-refractivity contribution in [2.75, 3.05) is 6.54 Å². The van der Waals surface area contributed by atoms with Crippen LogP contribution in [-0.4, -0.2) is 11.7 Å². The zero-order valence-electron chi connectivity index (χ0n) is 12.6. The highest BCUT2D eigenvalue weighted by Gasteiger charge is 2.23. The Morgan fingerprint density at radius 2 is 1.76 bits per heavy atom. The fourth-order valence-electron chi connectivity index (χ4n) is 2.40. The zero-order chi connectivity index (χ0) is 15.6. The molecule has 0 saturated carbocycles. The summed E-state index contributed by atoms with van der Waals surface area (Å²) in [6.07, 6.45) is -0.560. The number of aryl methyl sites for hydroxylation is 1. The van der Waals surface area contributed by atoms with Gasteiger partial charge >= 0.3 is 0 Å². The van der Waals surface area contributed by atoms with Crippen LogP contribution in [0.25, 0.3) is 0 Å². The molecule has 2 nitrogen and oxygen atoms in total. The summed E-state index contributed by atoms with van der Waals surface area (Å²) in [5.41, 5.74) is 9.47. The Kier molecular flexibility index (Phi) is 5.60. The number of halogens is 1. The average Bonchev–Trinajstić information content (AvgIpc) is 2.80. The molecule has 3 N–H and O–H groups in total. The Hall–Kier alpha value is -0.680. The van der Waals surface area contributed by atoms with Crippen molar-refractivity contribution in [1.82, 2.24) is 0 Å². The molecule has 0 fully saturated rings. The first-order valence-corrected chi connectivity index (χ1v) is 8.78. The number of aliphatic hydroxyl groups excluding tert-OH is 1. The number of aliphatic hydroxyl groups is 1. The predicted octanol–water partition coefficient (Wildman–Crippen LogP) is 4.72. The van der Waals surface area contributed by atoms with Crippen molar-refractivity contribution in [2.24, 2.45) is 5.73 Å². The molecule has 2 unspecified atom stereocenters. The second-order valence-corrected chi connectivity index (χ2v) is 8.12. The van der Waals surface area contributed by atoms with Gasteiger partial charge in [-0.3, -0.25) is 0 Å². The van der Waals surface area contributed by atoms with E-state index in [0.717, 1.165) is 19.8 Å². The molecule has 0 saturated heterocycles. The lowest BCUT2D eigenvalue weighted by Gasteiger charge is -2.21. The van der Waals surface area contributed by atoms with Gasteiger partial charge in [0.15, 0.2) is 0 Å². The minimum Gasteiger partial charge on any atom is -0.387 e. The molecule has 114 valence electrons. The van der Waals surface area contributed by atoms with Gasteiger partial charge < -0.3 is 10.8 Å². The standard InChI is InChI=1S/C17H22BrNOS/c1-10(2)12-4-6-13(7-5-12)14(9-19)16(20)15-8-11(3)17(18)21-15/h4-8,10,14,16,20H,9,19H2,1-3H3. The molecule has 0 radical (unpaired) electrons. The van der Waals surface area contributed by atoms with Crippen LogP contribution in [0.2, 0.25) is 0 Å². The van der Waals surface area contributed by atoms with Crippen LogP contribution >= 0.6 is 27.3 Å². The van der Waals surface area contributed by atoms with E-state index in [1.807, 2.05) is 13.0 Å². The molecule has 4 heteroatoms. The van der Waals surface area contributed by atoms with Crippen molar-refractivity contribution in [3.05, 3.63) is 55.7 Å². The molecule has 0 aliphatic carbocycles. The molecular weight excluding hydrogens is 346 g/mol. The lowest BCUT2D eigenvalue weighted by molar-refractivity contribution is 0.151. The Bertz CT molecular complexity index is 572. The van der Waals surface area contributed by atoms with E-state index in [4.69, 9.17) is 5.73 Å². The number of rotatable bonds is 5. The molecule has 0 spiro atoms. The summed E-state index contributed by atoms with van der Waals surface area (Å²) < 4.78 is 1.07. The number of hydrogen-bond donors (Lipinski definition) is 2. The SMILES string of the molecule is Cc1cc(C(O)C(CN)c2ccc(C(C)C)cc2)sc1Br. The topological polar surface area (TPSA) is 46.2 Å². The van der Waals surface area contributed by atoms with Crippen LogP contribution in [0.5, 0.6) is 0 Å². The Balaban J connectivity index is 2.26. The minimum absolute atomic E-state index is 0.0730. The summed E-state index contributed by atoms with van der Waals surface area (Å²) in [6.45, 7) is 6.81. The summed E-state index contributed by atoms with van der Waals surface area (Å²) in [4.78, 5) is 0.961. The summed E-state index contributed by atoms with van der Waals surface area (Å²) in [5, 5.41) is 10.7. The minimum atomic E-state index is -0.560. The lowest BCUT2D eigenvalue weighted by Crippen LogP contribution is -2.19. The first-order chi connectivity index (χ1) is 9.93. The maximum atomic E-state index is 10.7. The van der Waals surface area contributed by atoms with E-state index in [1.165, 1.54) is 5.56 Å². The smallest absolute Gasteiger partial charge is 0.0962 e. The lowest BCUT2D eigenvalue weighted by atomic mass is 9.90. The first-order valence-electron chi connectivity index (χ1n) is 7.17. The van der Waals surface area contributed by atoms with Gasteiger partial charge in [0.1, 0.15) is 0 Å². The van der Waals surface area contributed by atoms with Gasteiger partial charge in [0.25, 0.3) is 0 Å². The van der Waals surface area contributed by atoms with E-state index >= 15 is 0 Å². The van der Waals surface area contributed by atoms with Crippen LogP contribution in [0, 0.1) is 6.92 Å². The second kappa shape index (κ2) is 7.05. The van der Waals surface area contributed by atoms with Crippen molar-refractivity contribution in [3.8, 4) is 0 Å². The summed E-state index contributed by atoms with van der Waals surface area (Å²) in [7, 11) is 0. The molecule has 0 aliphatic heterocycles. The predicted molar refractivity (Wildman–Crippen MR) is 94.0 cm³/mol. The van der Waals surface area contributed by atoms with Crippen molar-refractivity contribution in [1.29, 1.82) is 0 Å². The molecular formula is C17H22BrNOS. The van der Waals surface area contributed by atoms with Crippen LogP contribution < -0.4 is 5.73 Å². The van der Waals surface area contributed by atoms with Crippen molar-refractivity contribution < 1.29 is 5.11 Å². The van der Waals surface area contributed by atoms with Gasteiger partial charge in [-0.15, -0.1) is 11.3 Å². The Morgan fingerprint density at radius 3 is 2.19 bits per heavy atom. The summed E-state index contributed by atoms with van der Waals surface area (Å²) >= 11 is 5.09. The molecule has 1 aromatic carbocycles. The van der Waals surface area contributed by atoms with Gasteiger partial charge in [-0.1, -0.05) is 38.1 Å². The maximum Gasteiger partial charge on any atom is 0.0962 e. The molecule has 2 aromatic rings. The van der Waals surface area contributed by atoms with Crippen molar-refractivity contribution >= 4 is 27.3 Å². The maximum absolute atomic E-state index is 10.7. The fourth-order valence-corrected chi connectivity index (χ4v) is 4.03. The molecule has 21 heavy (non-hydrogen) atoms. The largest absolute Gasteiger partial charge is 0.387 e. The number of thiophene rings is 1. The highest BCUT2D eigenvalue weighted by Crippen LogP contribution is 2.38. The second-order valence-electron chi connectivity index (χ2n) is 5.71. The van der Waals surface area contributed by atoms with Gasteiger partial charge in [0, 0.05) is 17.3 Å². The monoisotopic (exact) mass is 367 g/mol. The molecule has 2 rings (SSSR count). The van der Waals surface area contributed by atoms with Gasteiger partial charge in [-0.05, 0) is 51.5 Å². The van der Waals surface area contributed by atoms with E-state index < -0.39 is 6.10 Å². The number of benzene rings is 1. The van der Waals surface area contributed by atoms with E-state index in [0.29, 0.717) is 12.5 Å². The molecule has 0 bridgehead atoms. The summed E-state index contributed by atoms with van der Waals surface area (Å²) in [5.74, 6) is 0.437. The first kappa shape index (κ1) is 16.7. The van der Waals surface area contributed by atoms with Gasteiger partial charge in [-0.25, -0.2) is 0 Å². The number of nitrogens with two attached hydrogens (primary N) is 1. The van der Waals surface area contributed by atoms with Gasteiger partial charge in [0.05, 0.1) is 9.89 Å². The van der Waals surface area contributed by atoms with Crippen LogP contribution in [0.4, 0.5) is 0 Å². The Morgan fingerprint density at radius 1 is 1.19 bits per heavy atom. The quantitative estimate of drug-likeness (QED) is 0.802. The van der Waals surface area contributed by atoms with Gasteiger partial charge in [0.2, 0.25) is 0 Å². The Labute approximate surface area is 139 Å². The van der Waals surface area contributed by atoms with Crippen LogP contribution in [0.3, 0.4) is 0 Å². The molecule has 1 aromatic heterocycles. The fraction of sp³-hybridized carbons (Fsp3) is 0.412. The summed E-state index contributed by atoms with van der Waals surface area (Å²) in [6, 6.07) is 10.5. The van der Waals surface area contributed by atoms with Crippen LogP contribution in [0.15, 0.2) is 34.1 Å².